The molecule has 0 radical (unpaired) electrons. The van der Waals surface area contributed by atoms with Gasteiger partial charge in [0.15, 0.2) is 0 Å². The van der Waals surface area contributed by atoms with Gasteiger partial charge in [-0.25, -0.2) is 5.43 Å². The van der Waals surface area contributed by atoms with Gasteiger partial charge in [0.05, 0.1) is 6.54 Å². The highest BCUT2D eigenvalue weighted by Gasteiger charge is 1.98. The van der Waals surface area contributed by atoms with E-state index < -0.39 is 0 Å². The van der Waals surface area contributed by atoms with Gasteiger partial charge in [0.25, 0.3) is 5.91 Å². The van der Waals surface area contributed by atoms with E-state index in [1.807, 2.05) is 48.5 Å². The minimum Gasteiger partial charge on any atom is -0.376 e. The summed E-state index contributed by atoms with van der Waals surface area (Å²) in [4.78, 5) is 11.6. The van der Waals surface area contributed by atoms with Gasteiger partial charge in [-0.05, 0) is 35.9 Å². The second-order valence-electron chi connectivity index (χ2n) is 4.44. The molecule has 0 aromatic heterocycles. The second kappa shape index (κ2) is 8.64. The fourth-order valence-electron chi connectivity index (χ4n) is 1.66. The molecule has 0 atom stereocenters. The van der Waals surface area contributed by atoms with E-state index in [2.05, 4.69) is 15.8 Å². The normalized spacial score (nSPS) is 11.0. The number of carbonyl (C=O) groups is 1. The van der Waals surface area contributed by atoms with E-state index in [1.54, 1.807) is 18.2 Å². The third kappa shape index (κ3) is 5.81. The molecule has 0 aliphatic heterocycles. The molecule has 1 amide bonds. The van der Waals surface area contributed by atoms with Crippen molar-refractivity contribution >= 4 is 35.5 Å². The van der Waals surface area contributed by atoms with Gasteiger partial charge < -0.3 is 5.32 Å². The Hall–Kier alpha value is -2.59. The van der Waals surface area contributed by atoms with Crippen LogP contribution in [-0.2, 0) is 4.79 Å². The molecule has 0 bridgehead atoms. The van der Waals surface area contributed by atoms with E-state index in [0.29, 0.717) is 5.02 Å². The quantitative estimate of drug-likeness (QED) is 0.633. The van der Waals surface area contributed by atoms with Crippen LogP contribution in [0.1, 0.15) is 5.56 Å². The van der Waals surface area contributed by atoms with Crippen LogP contribution in [0.4, 0.5) is 5.69 Å². The van der Waals surface area contributed by atoms with Gasteiger partial charge in [-0.15, -0.1) is 0 Å². The average Bonchev–Trinajstić information content (AvgIpc) is 2.55. The van der Waals surface area contributed by atoms with Crippen LogP contribution in [0, 0.1) is 0 Å². The van der Waals surface area contributed by atoms with Gasteiger partial charge in [-0.1, -0.05) is 48.0 Å². The third-order valence-electron chi connectivity index (χ3n) is 2.74. The number of benzene rings is 2. The van der Waals surface area contributed by atoms with E-state index in [1.165, 1.54) is 6.21 Å². The van der Waals surface area contributed by atoms with Crippen LogP contribution in [0.3, 0.4) is 0 Å². The first-order valence-electron chi connectivity index (χ1n) is 6.77. The molecule has 0 fully saturated rings. The zero-order valence-corrected chi connectivity index (χ0v) is 12.6. The van der Waals surface area contributed by atoms with Gasteiger partial charge >= 0.3 is 0 Å². The van der Waals surface area contributed by atoms with Crippen molar-refractivity contribution in [2.24, 2.45) is 5.10 Å². The van der Waals surface area contributed by atoms with Gasteiger partial charge in [0.1, 0.15) is 0 Å². The Morgan fingerprint density at radius 2 is 1.82 bits per heavy atom. The molecule has 2 aromatic rings. The van der Waals surface area contributed by atoms with Crippen molar-refractivity contribution in [3.8, 4) is 0 Å². The summed E-state index contributed by atoms with van der Waals surface area (Å²) >= 11 is 5.78. The zero-order chi connectivity index (χ0) is 15.6. The fourth-order valence-corrected chi connectivity index (χ4v) is 1.79. The smallest absolute Gasteiger partial charge is 0.259 e. The van der Waals surface area contributed by atoms with Crippen LogP contribution in [0.2, 0.25) is 5.02 Å². The number of amides is 1. The lowest BCUT2D eigenvalue weighted by molar-refractivity contribution is -0.119. The number of allylic oxidation sites excluding steroid dienone is 1. The maximum absolute atomic E-state index is 11.6. The van der Waals surface area contributed by atoms with Crippen LogP contribution in [0.15, 0.2) is 65.8 Å². The van der Waals surface area contributed by atoms with Crippen molar-refractivity contribution in [1.82, 2.24) is 5.43 Å². The van der Waals surface area contributed by atoms with Crippen LogP contribution in [0.25, 0.3) is 6.08 Å². The summed E-state index contributed by atoms with van der Waals surface area (Å²) in [6, 6.07) is 17.0. The number of hydrazone groups is 1. The molecular weight excluding hydrogens is 298 g/mol. The van der Waals surface area contributed by atoms with Crippen molar-refractivity contribution in [2.75, 3.05) is 11.9 Å². The van der Waals surface area contributed by atoms with E-state index in [-0.39, 0.29) is 12.5 Å². The van der Waals surface area contributed by atoms with Gasteiger partial charge in [-0.2, -0.15) is 5.10 Å². The maximum Gasteiger partial charge on any atom is 0.259 e. The molecule has 22 heavy (non-hydrogen) atoms. The number of nitrogens with zero attached hydrogens (tertiary/aromatic N) is 1. The first kappa shape index (κ1) is 15.8. The lowest BCUT2D eigenvalue weighted by atomic mass is 10.2. The van der Waals surface area contributed by atoms with Crippen LogP contribution < -0.4 is 10.7 Å². The molecule has 0 aliphatic rings. The number of halogens is 1. The topological polar surface area (TPSA) is 53.5 Å². The summed E-state index contributed by atoms with van der Waals surface area (Å²) < 4.78 is 0. The molecule has 112 valence electrons. The Kier molecular flexibility index (Phi) is 6.20. The number of hydrogen-bond donors (Lipinski definition) is 2. The van der Waals surface area contributed by atoms with E-state index in [9.17, 15) is 4.79 Å². The minimum absolute atomic E-state index is 0.140. The van der Waals surface area contributed by atoms with Gasteiger partial charge in [0, 0.05) is 16.9 Å². The lowest BCUT2D eigenvalue weighted by Crippen LogP contribution is -2.25. The molecule has 5 heteroatoms. The molecule has 0 aliphatic carbocycles. The fraction of sp³-hybridized carbons (Fsp3) is 0.0588. The molecule has 2 aromatic carbocycles. The van der Waals surface area contributed by atoms with Crippen molar-refractivity contribution in [3.63, 3.8) is 0 Å². The Morgan fingerprint density at radius 3 is 2.55 bits per heavy atom. The zero-order valence-electron chi connectivity index (χ0n) is 11.9. The molecule has 2 N–H and O–H groups in total. The molecular formula is C17H16ClN3O. The summed E-state index contributed by atoms with van der Waals surface area (Å²) in [5.74, 6) is -0.223. The first-order chi connectivity index (χ1) is 10.7. The summed E-state index contributed by atoms with van der Waals surface area (Å²) in [5.41, 5.74) is 4.34. The number of anilines is 1. The summed E-state index contributed by atoms with van der Waals surface area (Å²) in [6.45, 7) is 0.140. The van der Waals surface area contributed by atoms with Crippen molar-refractivity contribution in [2.45, 2.75) is 0 Å². The highest BCUT2D eigenvalue weighted by Crippen LogP contribution is 2.12. The van der Waals surface area contributed by atoms with Crippen molar-refractivity contribution in [3.05, 3.63) is 71.3 Å². The van der Waals surface area contributed by atoms with Crippen molar-refractivity contribution < 1.29 is 4.79 Å². The largest absolute Gasteiger partial charge is 0.376 e. The Morgan fingerprint density at radius 1 is 1.09 bits per heavy atom. The van der Waals surface area contributed by atoms with Crippen LogP contribution in [0.5, 0.6) is 0 Å². The predicted octanol–water partition coefficient (Wildman–Crippen LogP) is 3.57. The molecule has 2 rings (SSSR count). The predicted molar refractivity (Wildman–Crippen MR) is 92.1 cm³/mol. The number of rotatable bonds is 6. The van der Waals surface area contributed by atoms with Crippen molar-refractivity contribution in [1.29, 1.82) is 0 Å². The number of carbonyl (C=O) groups excluding carboxylic acids is 1. The number of nitrogens with one attached hydrogen (secondary N) is 2. The molecule has 0 spiro atoms. The van der Waals surface area contributed by atoms with E-state index >= 15 is 0 Å². The standard InChI is InChI=1S/C17H16ClN3O/c18-15-8-10-16(11-9-15)19-13-17(22)21-20-12-4-7-14-5-2-1-3-6-14/h1-12,19H,13H2,(H,21,22)/b7-4+,20-12+. The summed E-state index contributed by atoms with van der Waals surface area (Å²) in [7, 11) is 0. The highest BCUT2D eigenvalue weighted by atomic mass is 35.5. The highest BCUT2D eigenvalue weighted by molar-refractivity contribution is 6.30. The molecule has 0 unspecified atom stereocenters. The molecule has 4 nitrogen and oxygen atoms in total. The van der Waals surface area contributed by atoms with Gasteiger partial charge in [0.2, 0.25) is 0 Å². The first-order valence-corrected chi connectivity index (χ1v) is 7.15. The Labute approximate surface area is 134 Å². The van der Waals surface area contributed by atoms with Gasteiger partial charge in [-0.3, -0.25) is 4.79 Å². The minimum atomic E-state index is -0.223. The average molecular weight is 314 g/mol. The maximum atomic E-state index is 11.6. The molecule has 0 saturated carbocycles. The Bertz CT molecular complexity index is 651. The van der Waals surface area contributed by atoms with E-state index in [0.717, 1.165) is 11.3 Å². The van der Waals surface area contributed by atoms with E-state index in [4.69, 9.17) is 11.6 Å². The summed E-state index contributed by atoms with van der Waals surface area (Å²) in [6.07, 6.45) is 5.21. The molecule has 0 saturated heterocycles. The lowest BCUT2D eigenvalue weighted by Gasteiger charge is -2.04. The monoisotopic (exact) mass is 313 g/mol. The number of hydrogen-bond acceptors (Lipinski definition) is 3. The SMILES string of the molecule is O=C(CNc1ccc(Cl)cc1)N/N=C/C=C/c1ccccc1. The van der Waals surface area contributed by atoms with Crippen LogP contribution in [-0.4, -0.2) is 18.7 Å². The molecule has 0 heterocycles. The third-order valence-corrected chi connectivity index (χ3v) is 2.99. The Balaban J connectivity index is 1.70. The van der Waals surface area contributed by atoms with Crippen LogP contribution >= 0.6 is 11.6 Å². The summed E-state index contributed by atoms with van der Waals surface area (Å²) in [5, 5.41) is 7.47. The second-order valence-corrected chi connectivity index (χ2v) is 4.88.